The second-order valence-corrected chi connectivity index (χ2v) is 30.8. The molecule has 2 fully saturated rings. The van der Waals surface area contributed by atoms with Gasteiger partial charge in [-0.25, -0.2) is 24.1 Å². The average molecular weight is 1610 g/mol. The van der Waals surface area contributed by atoms with Crippen LogP contribution >= 0.6 is 104 Å². The summed E-state index contributed by atoms with van der Waals surface area (Å²) in [5.41, 5.74) is 22.3. The molecule has 10 aromatic rings. The second kappa shape index (κ2) is 36.2. The number of nitrogens with zero attached hydrogens (tertiary/aromatic N) is 8. The Hall–Kier alpha value is -7.71. The summed E-state index contributed by atoms with van der Waals surface area (Å²) in [5, 5.41) is 26.8. The van der Waals surface area contributed by atoms with Crippen LogP contribution in [0.2, 0.25) is 45.2 Å². The Morgan fingerprint density at radius 3 is 1.07 bits per heavy atom. The number of carbonyl (C=O) groups is 3. The number of hydrazine groups is 2. The van der Waals surface area contributed by atoms with Crippen LogP contribution in [0.1, 0.15) is 178 Å². The lowest BCUT2D eigenvalue weighted by Gasteiger charge is -2.26. The highest BCUT2D eigenvalue weighted by molar-refractivity contribution is 6.36. The minimum absolute atomic E-state index is 0.167. The maximum absolute atomic E-state index is 13.6. The van der Waals surface area contributed by atoms with Crippen LogP contribution in [0.4, 0.5) is 0 Å². The summed E-state index contributed by atoms with van der Waals surface area (Å²) in [7, 11) is 0. The van der Waals surface area contributed by atoms with Crippen molar-refractivity contribution in [2.24, 2.45) is 0 Å². The molecule has 552 valence electrons. The standard InChI is InChI=1S/C30H26Cl3N3O.C27H27Cl3N4O.C26H25Cl3N4O2/c1-19(21-7-3-2-4-8-21)34-30(37)28-25-10-6-5-9-22(17-20-11-13-23(31)14-12-20)29(25)36(35-28)27-18-24(32)15-16-26(27)33;28-20-10-8-18(9-11-20)16-19-6-2-3-7-22-25(27(35)32-33-14-4-1-5-15-33)31-34(26(19)22)24-17-21(29)12-13-23(24)30;27-19-7-5-17(6-8-19)15-18-3-1-2-4-21-24(26(34)31-32-11-13-35-14-12-32)30-33(25(18)21)23-16-20(28)9-10-22(23)29/h2-4,7-8,11-19H,5-6,9-10H2,1H3,(H,34,37);8-13,16-17H,1-7,14-15H2,(H,32,35);5-10,15-16H,1-4,11-14H2,(H,31,34)/b22-17+;19-16+;18-15+/t19-;;/m0../s1. The summed E-state index contributed by atoms with van der Waals surface area (Å²) in [5.74, 6) is -0.613. The molecule has 3 aromatic heterocycles. The van der Waals surface area contributed by atoms with E-state index in [9.17, 15) is 14.4 Å². The summed E-state index contributed by atoms with van der Waals surface area (Å²) in [4.78, 5) is 40.5. The molecule has 5 aliphatic rings. The number of carbonyl (C=O) groups excluding carboxylic acids is 3. The van der Waals surface area contributed by atoms with E-state index in [2.05, 4.69) is 34.4 Å². The molecule has 3 aliphatic carbocycles. The summed E-state index contributed by atoms with van der Waals surface area (Å²) < 4.78 is 10.8. The van der Waals surface area contributed by atoms with Gasteiger partial charge >= 0.3 is 0 Å². The lowest BCUT2D eigenvalue weighted by molar-refractivity contribution is 0.0124. The predicted molar refractivity (Wildman–Crippen MR) is 436 cm³/mol. The van der Waals surface area contributed by atoms with Crippen LogP contribution in [0.5, 0.6) is 0 Å². The van der Waals surface area contributed by atoms with E-state index in [1.54, 1.807) is 64.0 Å². The third-order valence-electron chi connectivity index (χ3n) is 19.5. The monoisotopic (exact) mass is 1610 g/mol. The fourth-order valence-corrected chi connectivity index (χ4v) is 15.6. The largest absolute Gasteiger partial charge is 0.379 e. The number of hydrogen-bond acceptors (Lipinski definition) is 9. The van der Waals surface area contributed by atoms with E-state index in [4.69, 9.17) is 124 Å². The molecular weight excluding hydrogens is 1530 g/mol. The minimum Gasteiger partial charge on any atom is -0.379 e. The number of allylic oxidation sites excluding steroid dienone is 3. The normalized spacial score (nSPS) is 16.9. The molecule has 15 nitrogen and oxygen atoms in total. The first kappa shape index (κ1) is 77.4. The highest BCUT2D eigenvalue weighted by atomic mass is 35.5. The number of aromatic nitrogens is 6. The molecular formula is C83H78Cl9N11O4. The van der Waals surface area contributed by atoms with E-state index in [-0.39, 0.29) is 23.8 Å². The SMILES string of the molecule is C[C@H](NC(=O)c1nn(-c2cc(Cl)ccc2Cl)c2c1CCCC/C2=C\c1ccc(Cl)cc1)c1ccccc1.O=C(NN1CCCCC1)c1nn(-c2cc(Cl)ccc2Cl)c2c1CCCC/C2=C\c1ccc(Cl)cc1.O=C(NN1CCOCC1)c1nn(-c2cc(Cl)ccc2Cl)c2c1CCCC/C2=C\c1ccc(Cl)cc1. The summed E-state index contributed by atoms with van der Waals surface area (Å²) >= 11 is 57.2. The Labute approximate surface area is 668 Å². The predicted octanol–water partition coefficient (Wildman–Crippen LogP) is 21.9. The van der Waals surface area contributed by atoms with Crippen molar-refractivity contribution in [3.63, 3.8) is 0 Å². The smallest absolute Gasteiger partial charge is 0.286 e. The number of fused-ring (bicyclic) bond motifs is 3. The van der Waals surface area contributed by atoms with Gasteiger partial charge in [0, 0.05) is 73.0 Å². The zero-order chi connectivity index (χ0) is 74.7. The van der Waals surface area contributed by atoms with Gasteiger partial charge in [-0.3, -0.25) is 25.2 Å². The Morgan fingerprint density at radius 2 is 0.710 bits per heavy atom. The van der Waals surface area contributed by atoms with E-state index in [1.165, 1.54) is 6.42 Å². The number of amides is 3. The molecule has 15 rings (SSSR count). The third-order valence-corrected chi connectivity index (χ3v) is 21.9. The van der Waals surface area contributed by atoms with Gasteiger partial charge in [-0.1, -0.05) is 178 Å². The van der Waals surface area contributed by atoms with Crippen molar-refractivity contribution < 1.29 is 19.1 Å². The van der Waals surface area contributed by atoms with Crippen LogP contribution in [0.25, 0.3) is 52.0 Å². The van der Waals surface area contributed by atoms with Gasteiger partial charge < -0.3 is 10.1 Å². The number of morpholine rings is 1. The molecule has 3 N–H and O–H groups in total. The Morgan fingerprint density at radius 1 is 0.383 bits per heavy atom. The molecule has 0 radical (unpaired) electrons. The molecule has 2 saturated heterocycles. The van der Waals surface area contributed by atoms with Crippen LogP contribution in [-0.4, -0.2) is 96.5 Å². The molecule has 2 aliphatic heterocycles. The van der Waals surface area contributed by atoms with Gasteiger partial charge in [-0.15, -0.1) is 0 Å². The van der Waals surface area contributed by atoms with Gasteiger partial charge in [0.05, 0.1) is 68.5 Å². The van der Waals surface area contributed by atoms with Crippen LogP contribution in [-0.2, 0) is 24.0 Å². The number of halogens is 9. The zero-order valence-electron chi connectivity index (χ0n) is 58.8. The number of benzene rings is 7. The molecule has 0 spiro atoms. The van der Waals surface area contributed by atoms with Gasteiger partial charge in [-0.05, 0) is 245 Å². The van der Waals surface area contributed by atoms with Gasteiger partial charge in [-0.2, -0.15) is 15.3 Å². The first-order chi connectivity index (χ1) is 51.9. The first-order valence-electron chi connectivity index (χ1n) is 36.1. The van der Waals surface area contributed by atoms with E-state index in [0.29, 0.717) is 106 Å². The van der Waals surface area contributed by atoms with Crippen LogP contribution in [0, 0.1) is 0 Å². The number of ether oxygens (including phenoxy) is 1. The van der Waals surface area contributed by atoms with Crippen molar-refractivity contribution in [2.75, 3.05) is 39.4 Å². The van der Waals surface area contributed by atoms with Crippen molar-refractivity contribution >= 4 is 157 Å². The van der Waals surface area contributed by atoms with Crippen LogP contribution < -0.4 is 16.2 Å². The first-order valence-corrected chi connectivity index (χ1v) is 39.5. The summed E-state index contributed by atoms with van der Waals surface area (Å²) in [6, 6.07) is 48.8. The number of hydrogen-bond donors (Lipinski definition) is 3. The van der Waals surface area contributed by atoms with Gasteiger partial charge in [0.1, 0.15) is 0 Å². The minimum atomic E-state index is -0.229. The van der Waals surface area contributed by atoms with Crippen molar-refractivity contribution in [3.8, 4) is 17.1 Å². The summed E-state index contributed by atoms with van der Waals surface area (Å²) in [6.07, 6.45) is 20.5. The van der Waals surface area contributed by atoms with E-state index in [1.807, 2.05) is 125 Å². The van der Waals surface area contributed by atoms with Gasteiger partial charge in [0.2, 0.25) is 0 Å². The number of rotatable bonds is 13. The van der Waals surface area contributed by atoms with Crippen LogP contribution in [0.15, 0.2) is 158 Å². The molecule has 107 heavy (non-hydrogen) atoms. The van der Waals surface area contributed by atoms with Gasteiger partial charge in [0.25, 0.3) is 17.7 Å². The zero-order valence-corrected chi connectivity index (χ0v) is 65.6. The third kappa shape index (κ3) is 19.1. The summed E-state index contributed by atoms with van der Waals surface area (Å²) in [6.45, 7) is 6.13. The fourth-order valence-electron chi connectivity index (χ4n) is 14.1. The number of piperidine rings is 1. The van der Waals surface area contributed by atoms with E-state index >= 15 is 0 Å². The molecule has 7 aromatic carbocycles. The van der Waals surface area contributed by atoms with Crippen molar-refractivity contribution in [1.29, 1.82) is 0 Å². The van der Waals surface area contributed by atoms with Crippen LogP contribution in [0.3, 0.4) is 0 Å². The topological polar surface area (TPSA) is 156 Å². The second-order valence-electron chi connectivity index (χ2n) is 27.0. The van der Waals surface area contributed by atoms with Crippen molar-refractivity contribution in [1.82, 2.24) is 55.5 Å². The molecule has 0 unspecified atom stereocenters. The molecule has 0 saturated carbocycles. The molecule has 0 bridgehead atoms. The molecule has 5 heterocycles. The highest BCUT2D eigenvalue weighted by Crippen LogP contribution is 2.42. The van der Waals surface area contributed by atoms with Crippen molar-refractivity contribution in [3.05, 3.63) is 276 Å². The quantitative estimate of drug-likeness (QED) is 0.0956. The lowest BCUT2D eigenvalue weighted by atomic mass is 10.0. The maximum atomic E-state index is 13.6. The number of nitrogens with one attached hydrogen (secondary N) is 3. The van der Waals surface area contributed by atoms with Crippen molar-refractivity contribution in [2.45, 2.75) is 109 Å². The van der Waals surface area contributed by atoms with E-state index < -0.39 is 0 Å². The molecule has 3 amide bonds. The van der Waals surface area contributed by atoms with E-state index in [0.717, 1.165) is 176 Å². The van der Waals surface area contributed by atoms with Gasteiger partial charge in [0.15, 0.2) is 17.1 Å². The Balaban J connectivity index is 0.000000142. The Bertz CT molecular complexity index is 4770. The molecule has 24 heteroatoms. The molecule has 1 atom stereocenters. The Kier molecular flexibility index (Phi) is 26.2. The average Bonchev–Trinajstić information content (AvgIpc) is 1.63. The lowest BCUT2D eigenvalue weighted by Crippen LogP contribution is -2.48. The fraction of sp³-hybridized carbons (Fsp3) is 0.277. The highest BCUT2D eigenvalue weighted by Gasteiger charge is 2.33. The maximum Gasteiger partial charge on any atom is 0.286 e.